The minimum Gasteiger partial charge on any atom is -0.274 e. The first-order chi connectivity index (χ1) is 9.08. The number of allylic oxidation sites excluding steroid dienone is 2. The number of imide groups is 1. The molecule has 2 heterocycles. The molecular weight excluding hydrogens is 264 g/mol. The SMILES string of the molecule is CC1=CC[C@@H]2C(=O)N(c3ccc(Cl)cn3)C(=O)[C@@H]2C1. The normalized spacial score (nSPS) is 26.4. The second kappa shape index (κ2) is 4.46. The van der Waals surface area contributed by atoms with Gasteiger partial charge < -0.3 is 0 Å². The van der Waals surface area contributed by atoms with E-state index in [0.717, 1.165) is 0 Å². The highest BCUT2D eigenvalue weighted by atomic mass is 35.5. The molecule has 2 amide bonds. The summed E-state index contributed by atoms with van der Waals surface area (Å²) in [5, 5.41) is 0.484. The number of carbonyl (C=O) groups excluding carboxylic acids is 2. The average Bonchev–Trinajstić information content (AvgIpc) is 2.63. The number of aromatic nitrogens is 1. The van der Waals surface area contributed by atoms with Gasteiger partial charge in [-0.1, -0.05) is 23.3 Å². The summed E-state index contributed by atoms with van der Waals surface area (Å²) in [5.74, 6) is -0.374. The molecule has 1 aliphatic carbocycles. The quantitative estimate of drug-likeness (QED) is 0.585. The van der Waals surface area contributed by atoms with Crippen LogP contribution in [0.4, 0.5) is 5.82 Å². The summed E-state index contributed by atoms with van der Waals surface area (Å²) in [6, 6.07) is 3.24. The Morgan fingerprint density at radius 1 is 1.26 bits per heavy atom. The Kier molecular flexibility index (Phi) is 2.90. The summed E-state index contributed by atoms with van der Waals surface area (Å²) >= 11 is 5.77. The summed E-state index contributed by atoms with van der Waals surface area (Å²) in [6.45, 7) is 2.00. The second-order valence-corrected chi connectivity index (χ2v) is 5.49. The zero-order chi connectivity index (χ0) is 13.6. The molecule has 4 nitrogen and oxygen atoms in total. The number of carbonyl (C=O) groups is 2. The topological polar surface area (TPSA) is 50.3 Å². The van der Waals surface area contributed by atoms with E-state index in [-0.39, 0.29) is 23.7 Å². The van der Waals surface area contributed by atoms with Crippen LogP contribution in [-0.2, 0) is 9.59 Å². The first-order valence-corrected chi connectivity index (χ1v) is 6.60. The molecule has 0 spiro atoms. The minimum absolute atomic E-state index is 0.141. The third-order valence-corrected chi connectivity index (χ3v) is 3.99. The predicted molar refractivity (Wildman–Crippen MR) is 71.7 cm³/mol. The summed E-state index contributed by atoms with van der Waals surface area (Å²) in [4.78, 5) is 30.0. The van der Waals surface area contributed by atoms with E-state index in [1.807, 2.05) is 13.0 Å². The van der Waals surface area contributed by atoms with Crippen LogP contribution in [0.2, 0.25) is 5.02 Å². The van der Waals surface area contributed by atoms with E-state index in [1.54, 1.807) is 12.1 Å². The maximum Gasteiger partial charge on any atom is 0.239 e. The molecule has 0 aromatic carbocycles. The van der Waals surface area contributed by atoms with Crippen molar-refractivity contribution < 1.29 is 9.59 Å². The van der Waals surface area contributed by atoms with E-state index in [2.05, 4.69) is 4.98 Å². The van der Waals surface area contributed by atoms with Gasteiger partial charge in [0.25, 0.3) is 0 Å². The van der Waals surface area contributed by atoms with Crippen LogP contribution < -0.4 is 4.90 Å². The van der Waals surface area contributed by atoms with Gasteiger partial charge in [-0.05, 0) is 31.9 Å². The summed E-state index contributed by atoms with van der Waals surface area (Å²) in [6.07, 6.45) is 4.80. The fraction of sp³-hybridized carbons (Fsp3) is 0.357. The van der Waals surface area contributed by atoms with Crippen LogP contribution in [0.15, 0.2) is 30.0 Å². The van der Waals surface area contributed by atoms with E-state index < -0.39 is 0 Å². The Labute approximate surface area is 116 Å². The molecule has 3 rings (SSSR count). The molecule has 19 heavy (non-hydrogen) atoms. The van der Waals surface area contributed by atoms with Crippen molar-refractivity contribution in [2.45, 2.75) is 19.8 Å². The highest BCUT2D eigenvalue weighted by Gasteiger charge is 2.49. The van der Waals surface area contributed by atoms with Crippen molar-refractivity contribution in [2.24, 2.45) is 11.8 Å². The summed E-state index contributed by atoms with van der Waals surface area (Å²) in [7, 11) is 0. The number of nitrogens with zero attached hydrogens (tertiary/aromatic N) is 2. The van der Waals surface area contributed by atoms with Gasteiger partial charge in [-0.25, -0.2) is 9.88 Å². The number of halogens is 1. The third kappa shape index (κ3) is 1.96. The molecule has 1 aliphatic heterocycles. The molecule has 1 fully saturated rings. The monoisotopic (exact) mass is 276 g/mol. The zero-order valence-electron chi connectivity index (χ0n) is 10.5. The van der Waals surface area contributed by atoms with Gasteiger partial charge in [-0.2, -0.15) is 0 Å². The van der Waals surface area contributed by atoms with Crippen molar-refractivity contribution in [3.05, 3.63) is 35.0 Å². The van der Waals surface area contributed by atoms with E-state index in [1.165, 1.54) is 16.7 Å². The van der Waals surface area contributed by atoms with Crippen LogP contribution in [0.3, 0.4) is 0 Å². The van der Waals surface area contributed by atoms with E-state index in [9.17, 15) is 9.59 Å². The van der Waals surface area contributed by atoms with Crippen LogP contribution in [0, 0.1) is 11.8 Å². The maximum atomic E-state index is 12.4. The Bertz CT molecular complexity index is 580. The molecule has 0 radical (unpaired) electrons. The molecule has 0 saturated carbocycles. The van der Waals surface area contributed by atoms with Crippen molar-refractivity contribution in [1.29, 1.82) is 0 Å². The number of amides is 2. The van der Waals surface area contributed by atoms with E-state index >= 15 is 0 Å². The van der Waals surface area contributed by atoms with Crippen LogP contribution in [0.1, 0.15) is 19.8 Å². The highest BCUT2D eigenvalue weighted by Crippen LogP contribution is 2.39. The van der Waals surface area contributed by atoms with E-state index in [0.29, 0.717) is 23.7 Å². The molecule has 0 bridgehead atoms. The van der Waals surface area contributed by atoms with Crippen LogP contribution in [-0.4, -0.2) is 16.8 Å². The smallest absolute Gasteiger partial charge is 0.239 e. The largest absolute Gasteiger partial charge is 0.274 e. The maximum absolute atomic E-state index is 12.4. The van der Waals surface area contributed by atoms with Crippen molar-refractivity contribution in [2.75, 3.05) is 4.90 Å². The summed E-state index contributed by atoms with van der Waals surface area (Å²) in [5.41, 5.74) is 1.17. The molecule has 0 N–H and O–H groups in total. The second-order valence-electron chi connectivity index (χ2n) is 5.05. The number of hydrogen-bond acceptors (Lipinski definition) is 3. The number of anilines is 1. The van der Waals surface area contributed by atoms with Gasteiger partial charge >= 0.3 is 0 Å². The zero-order valence-corrected chi connectivity index (χ0v) is 11.2. The van der Waals surface area contributed by atoms with Gasteiger partial charge in [0.1, 0.15) is 5.82 Å². The third-order valence-electron chi connectivity index (χ3n) is 3.76. The number of fused-ring (bicyclic) bond motifs is 1. The van der Waals surface area contributed by atoms with Gasteiger partial charge in [0.2, 0.25) is 11.8 Å². The van der Waals surface area contributed by atoms with Gasteiger partial charge in [0.15, 0.2) is 0 Å². The number of pyridine rings is 1. The molecule has 1 aromatic heterocycles. The number of hydrogen-bond donors (Lipinski definition) is 0. The molecule has 2 atom stereocenters. The first-order valence-electron chi connectivity index (χ1n) is 6.23. The molecule has 98 valence electrons. The van der Waals surface area contributed by atoms with Crippen molar-refractivity contribution in [3.63, 3.8) is 0 Å². The molecule has 1 aromatic rings. The lowest BCUT2D eigenvalue weighted by Gasteiger charge is -2.18. The lowest BCUT2D eigenvalue weighted by atomic mass is 9.82. The van der Waals surface area contributed by atoms with Crippen LogP contribution in [0.5, 0.6) is 0 Å². The minimum atomic E-state index is -0.228. The lowest BCUT2D eigenvalue weighted by molar-refractivity contribution is -0.122. The Balaban J connectivity index is 1.95. The van der Waals surface area contributed by atoms with Gasteiger partial charge in [-0.15, -0.1) is 0 Å². The van der Waals surface area contributed by atoms with Crippen LogP contribution >= 0.6 is 11.6 Å². The van der Waals surface area contributed by atoms with E-state index in [4.69, 9.17) is 11.6 Å². The van der Waals surface area contributed by atoms with Gasteiger partial charge in [0, 0.05) is 6.20 Å². The van der Waals surface area contributed by atoms with Crippen molar-refractivity contribution >= 4 is 29.2 Å². The average molecular weight is 277 g/mol. The molecule has 0 unspecified atom stereocenters. The Morgan fingerprint density at radius 3 is 2.68 bits per heavy atom. The highest BCUT2D eigenvalue weighted by molar-refractivity contribution is 6.30. The predicted octanol–water partition coefficient (Wildman–Crippen LogP) is 2.58. The molecular formula is C14H13ClN2O2. The van der Waals surface area contributed by atoms with Crippen molar-refractivity contribution in [3.8, 4) is 0 Å². The van der Waals surface area contributed by atoms with Gasteiger partial charge in [-0.3, -0.25) is 9.59 Å². The molecule has 5 heteroatoms. The fourth-order valence-electron chi connectivity index (χ4n) is 2.76. The molecule has 2 aliphatic rings. The standard InChI is InChI=1S/C14H13ClN2O2/c1-8-2-4-10-11(6-8)14(19)17(13(10)18)12-5-3-9(15)7-16-12/h2-3,5,7,10-11H,4,6H2,1H3/t10-,11+/m0/s1. The molecule has 1 saturated heterocycles. The van der Waals surface area contributed by atoms with Gasteiger partial charge in [0.05, 0.1) is 16.9 Å². The van der Waals surface area contributed by atoms with Crippen LogP contribution in [0.25, 0.3) is 0 Å². The first kappa shape index (κ1) is 12.4. The Hall–Kier alpha value is -1.68. The van der Waals surface area contributed by atoms with Crippen molar-refractivity contribution in [1.82, 2.24) is 4.98 Å². The lowest BCUT2D eigenvalue weighted by Crippen LogP contribution is -2.31. The summed E-state index contributed by atoms with van der Waals surface area (Å²) < 4.78 is 0. The number of rotatable bonds is 1. The Morgan fingerprint density at radius 2 is 2.00 bits per heavy atom. The fourth-order valence-corrected chi connectivity index (χ4v) is 2.88.